The Balaban J connectivity index is 1.93. The van der Waals surface area contributed by atoms with Crippen LogP contribution in [0.15, 0.2) is 24.3 Å². The molecule has 20 heavy (non-hydrogen) atoms. The smallest absolute Gasteiger partial charge is 0.307 e. The van der Waals surface area contributed by atoms with Crippen molar-refractivity contribution in [2.75, 3.05) is 0 Å². The zero-order valence-corrected chi connectivity index (χ0v) is 11.5. The fraction of sp³-hybridized carbons (Fsp3) is 0.467. The van der Waals surface area contributed by atoms with Gasteiger partial charge in [0.1, 0.15) is 6.10 Å². The van der Waals surface area contributed by atoms with E-state index < -0.39 is 5.97 Å². The summed E-state index contributed by atoms with van der Waals surface area (Å²) in [5.74, 6) is -1.00. The molecule has 1 aromatic carbocycles. The number of carbonyl (C=O) groups is 2. The molecule has 0 bridgehead atoms. The molecule has 5 nitrogen and oxygen atoms in total. The molecule has 2 N–H and O–H groups in total. The maximum atomic E-state index is 11.9. The quantitative estimate of drug-likeness (QED) is 0.855. The van der Waals surface area contributed by atoms with Crippen LogP contribution in [-0.2, 0) is 27.3 Å². The first kappa shape index (κ1) is 14.5. The first-order valence-corrected chi connectivity index (χ1v) is 6.78. The van der Waals surface area contributed by atoms with Gasteiger partial charge in [0.05, 0.1) is 12.5 Å². The van der Waals surface area contributed by atoms with Crippen LogP contribution in [-0.4, -0.2) is 29.2 Å². The van der Waals surface area contributed by atoms with Gasteiger partial charge in [-0.25, -0.2) is 0 Å². The molecular weight excluding hydrogens is 258 g/mol. The summed E-state index contributed by atoms with van der Waals surface area (Å²) in [5, 5.41) is 11.7. The predicted octanol–water partition coefficient (Wildman–Crippen LogP) is 1.50. The van der Waals surface area contributed by atoms with E-state index in [1.165, 1.54) is 0 Å². The summed E-state index contributed by atoms with van der Waals surface area (Å²) < 4.78 is 5.50. The van der Waals surface area contributed by atoms with Gasteiger partial charge in [-0.1, -0.05) is 24.3 Å². The molecule has 1 aliphatic heterocycles. The van der Waals surface area contributed by atoms with Crippen LogP contribution in [0.3, 0.4) is 0 Å². The largest absolute Gasteiger partial charge is 0.481 e. The van der Waals surface area contributed by atoms with E-state index in [0.29, 0.717) is 6.54 Å². The summed E-state index contributed by atoms with van der Waals surface area (Å²) in [7, 11) is 0. The molecule has 2 unspecified atom stereocenters. The van der Waals surface area contributed by atoms with E-state index in [0.717, 1.165) is 24.0 Å². The van der Waals surface area contributed by atoms with Crippen molar-refractivity contribution >= 4 is 11.9 Å². The minimum Gasteiger partial charge on any atom is -0.481 e. The van der Waals surface area contributed by atoms with E-state index in [9.17, 15) is 9.59 Å². The Hall–Kier alpha value is -1.88. The summed E-state index contributed by atoms with van der Waals surface area (Å²) in [5.41, 5.74) is 1.55. The number of ether oxygens (including phenoxy) is 1. The summed E-state index contributed by atoms with van der Waals surface area (Å²) in [6.45, 7) is 2.28. The molecule has 5 heteroatoms. The summed E-state index contributed by atoms with van der Waals surface area (Å²) in [6, 6.07) is 7.23. The van der Waals surface area contributed by atoms with Crippen LogP contribution >= 0.6 is 0 Å². The lowest BCUT2D eigenvalue weighted by molar-refractivity contribution is -0.136. The third-order valence-electron chi connectivity index (χ3n) is 3.44. The molecule has 0 aromatic heterocycles. The molecule has 108 valence electrons. The van der Waals surface area contributed by atoms with Crippen LogP contribution < -0.4 is 5.32 Å². The zero-order chi connectivity index (χ0) is 14.5. The molecule has 2 atom stereocenters. The van der Waals surface area contributed by atoms with Crippen LogP contribution in [0.1, 0.15) is 30.9 Å². The lowest BCUT2D eigenvalue weighted by Crippen LogP contribution is -2.34. The fourth-order valence-corrected chi connectivity index (χ4v) is 2.36. The number of hydrogen-bond donors (Lipinski definition) is 2. The van der Waals surface area contributed by atoms with Crippen molar-refractivity contribution in [3.05, 3.63) is 35.4 Å². The van der Waals surface area contributed by atoms with Gasteiger partial charge in [-0.2, -0.15) is 0 Å². The van der Waals surface area contributed by atoms with Crippen molar-refractivity contribution in [2.45, 2.75) is 44.9 Å². The summed E-state index contributed by atoms with van der Waals surface area (Å²) in [4.78, 5) is 22.7. The minimum absolute atomic E-state index is 0.0387. The number of rotatable bonds is 5. The highest BCUT2D eigenvalue weighted by molar-refractivity contribution is 5.81. The van der Waals surface area contributed by atoms with Gasteiger partial charge in [0, 0.05) is 6.54 Å². The Morgan fingerprint density at radius 3 is 2.60 bits per heavy atom. The van der Waals surface area contributed by atoms with Gasteiger partial charge in [-0.05, 0) is 30.9 Å². The first-order chi connectivity index (χ1) is 9.56. The fourth-order valence-electron chi connectivity index (χ4n) is 2.36. The first-order valence-electron chi connectivity index (χ1n) is 6.78. The minimum atomic E-state index is -0.878. The van der Waals surface area contributed by atoms with Crippen molar-refractivity contribution in [3.8, 4) is 0 Å². The van der Waals surface area contributed by atoms with E-state index in [4.69, 9.17) is 9.84 Å². The third-order valence-corrected chi connectivity index (χ3v) is 3.44. The van der Waals surface area contributed by atoms with Crippen LogP contribution in [0.5, 0.6) is 0 Å². The number of hydrogen-bond acceptors (Lipinski definition) is 3. The number of nitrogens with one attached hydrogen (secondary N) is 1. The Kier molecular flexibility index (Phi) is 4.74. The van der Waals surface area contributed by atoms with E-state index in [1.54, 1.807) is 12.1 Å². The highest BCUT2D eigenvalue weighted by atomic mass is 16.5. The standard InChI is InChI=1S/C15H19NO4/c1-10-6-7-13(20-10)15(19)16-9-12-5-3-2-4-11(12)8-14(17)18/h2-5,10,13H,6-9H2,1H3,(H,16,19)(H,17,18). The molecule has 1 aromatic rings. The van der Waals surface area contributed by atoms with Crippen LogP contribution in [0.2, 0.25) is 0 Å². The van der Waals surface area contributed by atoms with Crippen molar-refractivity contribution in [3.63, 3.8) is 0 Å². The van der Waals surface area contributed by atoms with E-state index >= 15 is 0 Å². The monoisotopic (exact) mass is 277 g/mol. The average Bonchev–Trinajstić information content (AvgIpc) is 2.83. The molecule has 0 spiro atoms. The molecule has 1 aliphatic rings. The molecule has 0 aliphatic carbocycles. The van der Waals surface area contributed by atoms with Crippen LogP contribution in [0, 0.1) is 0 Å². The number of carboxylic acid groups (broad SMARTS) is 1. The number of carbonyl (C=O) groups excluding carboxylic acids is 1. The maximum Gasteiger partial charge on any atom is 0.307 e. The molecule has 1 heterocycles. The molecule has 1 amide bonds. The third kappa shape index (κ3) is 3.81. The number of carboxylic acids is 1. The van der Waals surface area contributed by atoms with Gasteiger partial charge < -0.3 is 15.2 Å². The van der Waals surface area contributed by atoms with Crippen molar-refractivity contribution in [1.82, 2.24) is 5.32 Å². The second kappa shape index (κ2) is 6.52. The van der Waals surface area contributed by atoms with Gasteiger partial charge >= 0.3 is 5.97 Å². The van der Waals surface area contributed by atoms with Gasteiger partial charge in [-0.3, -0.25) is 9.59 Å². The molecule has 0 radical (unpaired) electrons. The van der Waals surface area contributed by atoms with E-state index in [-0.39, 0.29) is 24.5 Å². The SMILES string of the molecule is CC1CCC(C(=O)NCc2ccccc2CC(=O)O)O1. The Bertz CT molecular complexity index is 500. The Labute approximate surface area is 117 Å². The number of benzene rings is 1. The number of amides is 1. The number of aliphatic carboxylic acids is 1. The summed E-state index contributed by atoms with van der Waals surface area (Å²) >= 11 is 0. The topological polar surface area (TPSA) is 75.6 Å². The molecule has 1 fully saturated rings. The Morgan fingerprint density at radius 1 is 1.30 bits per heavy atom. The predicted molar refractivity (Wildman–Crippen MR) is 73.2 cm³/mol. The van der Waals surface area contributed by atoms with Crippen molar-refractivity contribution in [2.24, 2.45) is 0 Å². The normalized spacial score (nSPS) is 21.6. The molecule has 0 saturated carbocycles. The highest BCUT2D eigenvalue weighted by Crippen LogP contribution is 2.19. The van der Waals surface area contributed by atoms with Gasteiger partial charge in [0.25, 0.3) is 0 Å². The lowest BCUT2D eigenvalue weighted by atomic mass is 10.0. The lowest BCUT2D eigenvalue weighted by Gasteiger charge is -2.13. The van der Waals surface area contributed by atoms with Gasteiger partial charge in [0.2, 0.25) is 5.91 Å². The second-order valence-corrected chi connectivity index (χ2v) is 5.07. The zero-order valence-electron chi connectivity index (χ0n) is 11.5. The average molecular weight is 277 g/mol. The van der Waals surface area contributed by atoms with Gasteiger partial charge in [0.15, 0.2) is 0 Å². The Morgan fingerprint density at radius 2 is 2.00 bits per heavy atom. The van der Waals surface area contributed by atoms with Crippen LogP contribution in [0.25, 0.3) is 0 Å². The molecular formula is C15H19NO4. The van der Waals surface area contributed by atoms with Crippen molar-refractivity contribution < 1.29 is 19.4 Å². The molecule has 2 rings (SSSR count). The van der Waals surface area contributed by atoms with Crippen LogP contribution in [0.4, 0.5) is 0 Å². The van der Waals surface area contributed by atoms with Gasteiger partial charge in [-0.15, -0.1) is 0 Å². The van der Waals surface area contributed by atoms with E-state index in [1.807, 2.05) is 19.1 Å². The maximum absolute atomic E-state index is 11.9. The summed E-state index contributed by atoms with van der Waals surface area (Å²) in [6.07, 6.45) is 1.35. The van der Waals surface area contributed by atoms with E-state index in [2.05, 4.69) is 5.32 Å². The highest BCUT2D eigenvalue weighted by Gasteiger charge is 2.27. The second-order valence-electron chi connectivity index (χ2n) is 5.07. The van der Waals surface area contributed by atoms with Crippen molar-refractivity contribution in [1.29, 1.82) is 0 Å². The molecule has 1 saturated heterocycles.